The standard InChI is InChI=1S/C24H31BrN2O2/c1-6-18(4)26-24(29)19(5)27(15-20-8-7-9-22(25)13-20)23(28)14-21-11-16(2)10-17(3)12-21/h7-13,18-19H,6,14-15H2,1-5H3,(H,26,29). The zero-order valence-electron chi connectivity index (χ0n) is 18.0. The van der Waals surface area contributed by atoms with Gasteiger partial charge in [0, 0.05) is 17.1 Å². The van der Waals surface area contributed by atoms with Crippen molar-refractivity contribution in [3.05, 3.63) is 69.2 Å². The minimum Gasteiger partial charge on any atom is -0.352 e. The Hall–Kier alpha value is -2.14. The van der Waals surface area contributed by atoms with E-state index in [1.807, 2.05) is 64.1 Å². The van der Waals surface area contributed by atoms with E-state index in [0.717, 1.165) is 33.1 Å². The fraction of sp³-hybridized carbons (Fsp3) is 0.417. The highest BCUT2D eigenvalue weighted by Gasteiger charge is 2.27. The van der Waals surface area contributed by atoms with Crippen molar-refractivity contribution in [3.63, 3.8) is 0 Å². The van der Waals surface area contributed by atoms with Crippen LogP contribution in [0.5, 0.6) is 0 Å². The highest BCUT2D eigenvalue weighted by atomic mass is 79.9. The Kier molecular flexibility index (Phi) is 8.45. The number of nitrogens with one attached hydrogen (secondary N) is 1. The van der Waals surface area contributed by atoms with Crippen molar-refractivity contribution in [2.45, 2.75) is 66.1 Å². The Balaban J connectivity index is 2.26. The lowest BCUT2D eigenvalue weighted by Crippen LogP contribution is -2.49. The quantitative estimate of drug-likeness (QED) is 0.608. The van der Waals surface area contributed by atoms with Crippen LogP contribution in [0.2, 0.25) is 0 Å². The first-order valence-electron chi connectivity index (χ1n) is 10.1. The van der Waals surface area contributed by atoms with Gasteiger partial charge in [-0.25, -0.2) is 0 Å². The van der Waals surface area contributed by atoms with Crippen LogP contribution in [0.25, 0.3) is 0 Å². The second-order valence-electron chi connectivity index (χ2n) is 7.82. The Morgan fingerprint density at radius 3 is 2.28 bits per heavy atom. The van der Waals surface area contributed by atoms with Crippen LogP contribution < -0.4 is 5.32 Å². The molecule has 0 spiro atoms. The van der Waals surface area contributed by atoms with Gasteiger partial charge in [0.1, 0.15) is 6.04 Å². The summed E-state index contributed by atoms with van der Waals surface area (Å²) in [5, 5.41) is 3.00. The van der Waals surface area contributed by atoms with Crippen LogP contribution in [-0.2, 0) is 22.6 Å². The van der Waals surface area contributed by atoms with E-state index in [-0.39, 0.29) is 24.3 Å². The average molecular weight is 459 g/mol. The van der Waals surface area contributed by atoms with E-state index in [1.54, 1.807) is 11.8 Å². The molecule has 2 aromatic rings. The summed E-state index contributed by atoms with van der Waals surface area (Å²) in [7, 11) is 0. The van der Waals surface area contributed by atoms with Gasteiger partial charge in [-0.3, -0.25) is 9.59 Å². The van der Waals surface area contributed by atoms with Crippen LogP contribution in [0.3, 0.4) is 0 Å². The topological polar surface area (TPSA) is 49.4 Å². The first kappa shape index (κ1) is 23.1. The minimum absolute atomic E-state index is 0.0539. The number of carbonyl (C=O) groups excluding carboxylic acids is 2. The maximum absolute atomic E-state index is 13.3. The number of amides is 2. The SMILES string of the molecule is CCC(C)NC(=O)C(C)N(Cc1cccc(Br)c1)C(=O)Cc1cc(C)cc(C)c1. The van der Waals surface area contributed by atoms with Crippen LogP contribution in [0, 0.1) is 13.8 Å². The largest absolute Gasteiger partial charge is 0.352 e. The summed E-state index contributed by atoms with van der Waals surface area (Å²) in [5.74, 6) is -0.176. The van der Waals surface area contributed by atoms with Gasteiger partial charge in [-0.15, -0.1) is 0 Å². The van der Waals surface area contributed by atoms with Gasteiger partial charge in [0.15, 0.2) is 0 Å². The Morgan fingerprint density at radius 2 is 1.69 bits per heavy atom. The predicted molar refractivity (Wildman–Crippen MR) is 122 cm³/mol. The predicted octanol–water partition coefficient (Wildman–Crippen LogP) is 4.94. The molecule has 5 heteroatoms. The van der Waals surface area contributed by atoms with Crippen molar-refractivity contribution in [3.8, 4) is 0 Å². The van der Waals surface area contributed by atoms with Gasteiger partial charge in [-0.05, 0) is 57.4 Å². The molecule has 0 aliphatic heterocycles. The third-order valence-electron chi connectivity index (χ3n) is 5.05. The summed E-state index contributed by atoms with van der Waals surface area (Å²) < 4.78 is 0.952. The Bertz CT molecular complexity index is 845. The second-order valence-corrected chi connectivity index (χ2v) is 8.73. The number of benzene rings is 2. The molecule has 4 nitrogen and oxygen atoms in total. The summed E-state index contributed by atoms with van der Waals surface area (Å²) in [5.41, 5.74) is 4.22. The van der Waals surface area contributed by atoms with E-state index in [1.165, 1.54) is 0 Å². The zero-order chi connectivity index (χ0) is 21.6. The van der Waals surface area contributed by atoms with Gasteiger partial charge in [-0.2, -0.15) is 0 Å². The number of nitrogens with zero attached hydrogens (tertiary/aromatic N) is 1. The molecule has 0 aliphatic rings. The van der Waals surface area contributed by atoms with E-state index in [9.17, 15) is 9.59 Å². The van der Waals surface area contributed by atoms with E-state index in [4.69, 9.17) is 0 Å². The van der Waals surface area contributed by atoms with Crippen molar-refractivity contribution < 1.29 is 9.59 Å². The molecule has 0 saturated heterocycles. The summed E-state index contributed by atoms with van der Waals surface area (Å²) in [6.45, 7) is 10.2. The van der Waals surface area contributed by atoms with Crippen molar-refractivity contribution in [2.24, 2.45) is 0 Å². The lowest BCUT2D eigenvalue weighted by molar-refractivity contribution is -0.140. The normalized spacial score (nSPS) is 12.9. The number of hydrogen-bond donors (Lipinski definition) is 1. The van der Waals surface area contributed by atoms with Crippen molar-refractivity contribution in [1.82, 2.24) is 10.2 Å². The fourth-order valence-electron chi connectivity index (χ4n) is 3.33. The first-order valence-corrected chi connectivity index (χ1v) is 10.9. The van der Waals surface area contributed by atoms with Crippen molar-refractivity contribution >= 4 is 27.7 Å². The Labute approximate surface area is 182 Å². The van der Waals surface area contributed by atoms with Gasteiger partial charge in [0.25, 0.3) is 0 Å². The summed E-state index contributed by atoms with van der Waals surface area (Å²) >= 11 is 3.48. The lowest BCUT2D eigenvalue weighted by atomic mass is 10.0. The van der Waals surface area contributed by atoms with Gasteiger partial charge in [0.05, 0.1) is 6.42 Å². The molecule has 2 amide bonds. The molecular weight excluding hydrogens is 428 g/mol. The molecule has 0 aromatic heterocycles. The highest BCUT2D eigenvalue weighted by molar-refractivity contribution is 9.10. The Morgan fingerprint density at radius 1 is 1.03 bits per heavy atom. The molecule has 0 fully saturated rings. The van der Waals surface area contributed by atoms with E-state index in [2.05, 4.69) is 27.3 Å². The number of carbonyl (C=O) groups is 2. The molecule has 0 heterocycles. The molecule has 2 rings (SSSR count). The second kappa shape index (κ2) is 10.6. The molecule has 0 radical (unpaired) electrons. The zero-order valence-corrected chi connectivity index (χ0v) is 19.5. The monoisotopic (exact) mass is 458 g/mol. The number of halogens is 1. The summed E-state index contributed by atoms with van der Waals surface area (Å²) in [4.78, 5) is 27.7. The van der Waals surface area contributed by atoms with Crippen LogP contribution in [0.1, 0.15) is 49.4 Å². The van der Waals surface area contributed by atoms with Crippen molar-refractivity contribution in [2.75, 3.05) is 0 Å². The maximum Gasteiger partial charge on any atom is 0.242 e. The number of hydrogen-bond acceptors (Lipinski definition) is 2. The third kappa shape index (κ3) is 7.00. The molecule has 0 bridgehead atoms. The van der Waals surface area contributed by atoms with Crippen molar-refractivity contribution in [1.29, 1.82) is 0 Å². The van der Waals surface area contributed by atoms with E-state index < -0.39 is 6.04 Å². The molecule has 0 saturated carbocycles. The maximum atomic E-state index is 13.3. The van der Waals surface area contributed by atoms with Crippen LogP contribution >= 0.6 is 15.9 Å². The third-order valence-corrected chi connectivity index (χ3v) is 5.54. The van der Waals surface area contributed by atoms with Gasteiger partial charge >= 0.3 is 0 Å². The number of rotatable bonds is 8. The lowest BCUT2D eigenvalue weighted by Gasteiger charge is -2.30. The molecule has 2 aromatic carbocycles. The fourth-order valence-corrected chi connectivity index (χ4v) is 3.77. The molecule has 1 N–H and O–H groups in total. The highest BCUT2D eigenvalue weighted by Crippen LogP contribution is 2.17. The molecular formula is C24H31BrN2O2. The van der Waals surface area contributed by atoms with Crippen LogP contribution in [0.4, 0.5) is 0 Å². The summed E-state index contributed by atoms with van der Waals surface area (Å²) in [6.07, 6.45) is 1.12. The van der Waals surface area contributed by atoms with Crippen LogP contribution in [0.15, 0.2) is 46.9 Å². The smallest absolute Gasteiger partial charge is 0.242 e. The molecule has 2 atom stereocenters. The molecule has 156 valence electrons. The van der Waals surface area contributed by atoms with Gasteiger partial charge in [0.2, 0.25) is 11.8 Å². The van der Waals surface area contributed by atoms with Crippen LogP contribution in [-0.4, -0.2) is 28.8 Å². The van der Waals surface area contributed by atoms with E-state index >= 15 is 0 Å². The van der Waals surface area contributed by atoms with E-state index in [0.29, 0.717) is 6.54 Å². The minimum atomic E-state index is -0.554. The van der Waals surface area contributed by atoms with Gasteiger partial charge < -0.3 is 10.2 Å². The molecule has 2 unspecified atom stereocenters. The summed E-state index contributed by atoms with van der Waals surface area (Å²) in [6, 6.07) is 13.5. The molecule has 29 heavy (non-hydrogen) atoms. The average Bonchev–Trinajstić information content (AvgIpc) is 2.64. The number of aryl methyl sites for hydroxylation is 2. The first-order chi connectivity index (χ1) is 13.7. The van der Waals surface area contributed by atoms with Gasteiger partial charge in [-0.1, -0.05) is 64.3 Å². The molecule has 0 aliphatic carbocycles.